The highest BCUT2D eigenvalue weighted by atomic mass is 16.5. The first-order chi connectivity index (χ1) is 17.5. The van der Waals surface area contributed by atoms with Gasteiger partial charge in [-0.25, -0.2) is 9.59 Å². The number of benzene rings is 2. The average molecular weight is 493 g/mol. The lowest BCUT2D eigenvalue weighted by Crippen LogP contribution is -2.47. The van der Waals surface area contributed by atoms with Crippen molar-refractivity contribution in [2.45, 2.75) is 12.8 Å². The third kappa shape index (κ3) is 6.57. The number of H-pyrrole nitrogens is 1. The van der Waals surface area contributed by atoms with E-state index in [4.69, 9.17) is 14.9 Å². The number of carbonyl (C=O) groups is 2. The van der Waals surface area contributed by atoms with Gasteiger partial charge >= 0.3 is 11.9 Å². The molecule has 0 radical (unpaired) electrons. The molecule has 3 heterocycles. The quantitative estimate of drug-likeness (QED) is 0.371. The number of rotatable bonds is 7. The Hall–Kier alpha value is -3.98. The van der Waals surface area contributed by atoms with Gasteiger partial charge in [0.25, 0.3) is 0 Å². The smallest absolute Gasteiger partial charge is 0.328 e. The minimum absolute atomic E-state index is 0.558. The molecule has 2 aliphatic rings. The van der Waals surface area contributed by atoms with Gasteiger partial charge in [0.2, 0.25) is 0 Å². The van der Waals surface area contributed by atoms with Gasteiger partial charge in [-0.1, -0.05) is 24.3 Å². The first-order valence-corrected chi connectivity index (χ1v) is 12.2. The summed E-state index contributed by atoms with van der Waals surface area (Å²) in [5.74, 6) is -1.48. The van der Waals surface area contributed by atoms with Crippen molar-refractivity contribution < 1.29 is 24.5 Å². The third-order valence-electron chi connectivity index (χ3n) is 6.34. The molecule has 190 valence electrons. The summed E-state index contributed by atoms with van der Waals surface area (Å²) in [6.07, 6.45) is 5.63. The molecule has 0 amide bonds. The number of ether oxygens (including phenoxy) is 1. The van der Waals surface area contributed by atoms with Gasteiger partial charge in [0.1, 0.15) is 6.61 Å². The van der Waals surface area contributed by atoms with Crippen molar-refractivity contribution in [3.63, 3.8) is 0 Å². The zero-order valence-corrected chi connectivity index (χ0v) is 20.2. The van der Waals surface area contributed by atoms with Crippen LogP contribution in [0, 0.1) is 0 Å². The number of nitrogens with zero attached hydrogens (tertiary/aromatic N) is 2. The Morgan fingerprint density at radius 2 is 1.72 bits per heavy atom. The number of aromatic nitrogens is 1. The highest BCUT2D eigenvalue weighted by Crippen LogP contribution is 2.37. The average Bonchev–Trinajstić information content (AvgIpc) is 3.31. The Morgan fingerprint density at radius 1 is 0.972 bits per heavy atom. The maximum absolute atomic E-state index is 9.55. The van der Waals surface area contributed by atoms with E-state index < -0.39 is 11.9 Å². The maximum atomic E-state index is 9.55. The summed E-state index contributed by atoms with van der Waals surface area (Å²) in [6, 6.07) is 15.0. The molecule has 5 rings (SSSR count). The van der Waals surface area contributed by atoms with Gasteiger partial charge in [0.05, 0.1) is 11.4 Å². The van der Waals surface area contributed by atoms with E-state index >= 15 is 0 Å². The summed E-state index contributed by atoms with van der Waals surface area (Å²) in [5.41, 5.74) is 5.05. The minimum atomic E-state index is -1.26. The molecular weight excluding hydrogens is 460 g/mol. The number of hydrogen-bond acceptors (Lipinski definition) is 6. The number of para-hydroxylation sites is 2. The molecule has 1 saturated heterocycles. The zero-order chi connectivity index (χ0) is 25.3. The Kier molecular flexibility index (Phi) is 8.46. The number of anilines is 2. The SMILES string of the molecule is O=C(O)/C=C/C(=O)O.c1cc2c(c(N3CCN(CCCc4c[nH]c5ccccc45)CC3)c1)OCCN2. The van der Waals surface area contributed by atoms with Crippen LogP contribution in [0.1, 0.15) is 12.0 Å². The van der Waals surface area contributed by atoms with Gasteiger partial charge in [-0.15, -0.1) is 0 Å². The first kappa shape index (κ1) is 25.1. The summed E-state index contributed by atoms with van der Waals surface area (Å²) < 4.78 is 5.96. The normalized spacial score (nSPS) is 15.5. The third-order valence-corrected chi connectivity index (χ3v) is 6.34. The predicted molar refractivity (Wildman–Crippen MR) is 140 cm³/mol. The molecule has 36 heavy (non-hydrogen) atoms. The van der Waals surface area contributed by atoms with Gasteiger partial charge in [-0.2, -0.15) is 0 Å². The highest BCUT2D eigenvalue weighted by molar-refractivity contribution is 5.89. The van der Waals surface area contributed by atoms with E-state index in [9.17, 15) is 9.59 Å². The van der Waals surface area contributed by atoms with Gasteiger partial charge in [0.15, 0.2) is 5.75 Å². The molecular formula is C27H32N4O5. The van der Waals surface area contributed by atoms with Crippen LogP contribution in [0.4, 0.5) is 11.4 Å². The zero-order valence-electron chi connectivity index (χ0n) is 20.2. The van der Waals surface area contributed by atoms with Crippen LogP contribution >= 0.6 is 0 Å². The molecule has 9 heteroatoms. The van der Waals surface area contributed by atoms with Crippen molar-refractivity contribution in [3.05, 3.63) is 66.4 Å². The Bertz CT molecular complexity index is 1200. The molecule has 0 saturated carbocycles. The first-order valence-electron chi connectivity index (χ1n) is 12.2. The lowest BCUT2D eigenvalue weighted by molar-refractivity contribution is -0.134. The van der Waals surface area contributed by atoms with E-state index in [0.717, 1.165) is 63.7 Å². The highest BCUT2D eigenvalue weighted by Gasteiger charge is 2.22. The van der Waals surface area contributed by atoms with E-state index in [0.29, 0.717) is 12.2 Å². The fraction of sp³-hybridized carbons (Fsp3) is 0.333. The molecule has 2 aliphatic heterocycles. The molecule has 0 unspecified atom stereocenters. The predicted octanol–water partition coefficient (Wildman–Crippen LogP) is 3.44. The second kappa shape index (κ2) is 12.1. The van der Waals surface area contributed by atoms with Crippen LogP contribution in [0.5, 0.6) is 5.75 Å². The van der Waals surface area contributed by atoms with Gasteiger partial charge in [-0.05, 0) is 43.1 Å². The number of hydrogen-bond donors (Lipinski definition) is 4. The van der Waals surface area contributed by atoms with Crippen molar-refractivity contribution in [1.29, 1.82) is 0 Å². The monoisotopic (exact) mass is 492 g/mol. The van der Waals surface area contributed by atoms with Crippen molar-refractivity contribution in [3.8, 4) is 5.75 Å². The Morgan fingerprint density at radius 3 is 2.47 bits per heavy atom. The second-order valence-electron chi connectivity index (χ2n) is 8.73. The summed E-state index contributed by atoms with van der Waals surface area (Å²) in [7, 11) is 0. The topological polar surface area (TPSA) is 118 Å². The Balaban J connectivity index is 0.000000331. The number of aryl methyl sites for hydroxylation is 1. The largest absolute Gasteiger partial charge is 0.487 e. The lowest BCUT2D eigenvalue weighted by atomic mass is 10.1. The van der Waals surface area contributed by atoms with E-state index in [2.05, 4.69) is 68.8 Å². The summed E-state index contributed by atoms with van der Waals surface area (Å²) in [5, 5.41) is 20.4. The van der Waals surface area contributed by atoms with E-state index in [1.165, 1.54) is 28.6 Å². The summed E-state index contributed by atoms with van der Waals surface area (Å²) >= 11 is 0. The number of aliphatic carboxylic acids is 2. The van der Waals surface area contributed by atoms with Crippen LogP contribution in [0.3, 0.4) is 0 Å². The molecule has 9 nitrogen and oxygen atoms in total. The van der Waals surface area contributed by atoms with Crippen molar-refractivity contribution in [2.75, 3.05) is 56.1 Å². The maximum Gasteiger partial charge on any atom is 0.328 e. The Labute approximate surface area is 210 Å². The number of nitrogens with one attached hydrogen (secondary N) is 2. The van der Waals surface area contributed by atoms with Gasteiger partial charge in [-0.3, -0.25) is 4.90 Å². The van der Waals surface area contributed by atoms with E-state index in [-0.39, 0.29) is 0 Å². The fourth-order valence-corrected chi connectivity index (χ4v) is 4.59. The van der Waals surface area contributed by atoms with E-state index in [1.54, 1.807) is 0 Å². The molecule has 3 aromatic rings. The van der Waals surface area contributed by atoms with Crippen LogP contribution in [-0.2, 0) is 16.0 Å². The summed E-state index contributed by atoms with van der Waals surface area (Å²) in [4.78, 5) is 27.6. The van der Waals surface area contributed by atoms with Crippen LogP contribution in [-0.4, -0.2) is 77.9 Å². The van der Waals surface area contributed by atoms with Crippen LogP contribution in [0.15, 0.2) is 60.8 Å². The molecule has 0 aliphatic carbocycles. The number of carboxylic acids is 2. The number of carboxylic acid groups (broad SMARTS) is 2. The van der Waals surface area contributed by atoms with E-state index in [1.807, 2.05) is 0 Å². The van der Waals surface area contributed by atoms with Gasteiger partial charge in [0, 0.05) is 62.0 Å². The van der Waals surface area contributed by atoms with Gasteiger partial charge < -0.3 is 30.2 Å². The number of piperazine rings is 1. The number of aromatic amines is 1. The molecule has 0 spiro atoms. The minimum Gasteiger partial charge on any atom is -0.487 e. The molecule has 0 atom stereocenters. The summed E-state index contributed by atoms with van der Waals surface area (Å²) in [6.45, 7) is 7.16. The fourth-order valence-electron chi connectivity index (χ4n) is 4.59. The van der Waals surface area contributed by atoms with Crippen LogP contribution < -0.4 is 15.0 Å². The number of fused-ring (bicyclic) bond motifs is 2. The lowest BCUT2D eigenvalue weighted by Gasteiger charge is -2.37. The molecule has 4 N–H and O–H groups in total. The molecule has 1 aromatic heterocycles. The van der Waals surface area contributed by atoms with Crippen molar-refractivity contribution >= 4 is 34.2 Å². The molecule has 1 fully saturated rings. The van der Waals surface area contributed by atoms with Crippen molar-refractivity contribution in [1.82, 2.24) is 9.88 Å². The van der Waals surface area contributed by atoms with Crippen LogP contribution in [0.2, 0.25) is 0 Å². The molecule has 2 aromatic carbocycles. The standard InChI is InChI=1S/C23H28N4O.C4H4O4/c1-2-7-20-19(6-1)18(17-25-20)5-4-11-26-12-14-27(15-13-26)22-9-3-8-21-23(22)28-16-10-24-21;5-3(6)1-2-4(7)8/h1-3,6-9,17,24-25H,4-5,10-16H2;1-2H,(H,5,6)(H,7,8)/b;2-1+. The van der Waals surface area contributed by atoms with Crippen molar-refractivity contribution in [2.24, 2.45) is 0 Å². The molecule has 0 bridgehead atoms. The van der Waals surface area contributed by atoms with Crippen LogP contribution in [0.25, 0.3) is 10.9 Å². The second-order valence-corrected chi connectivity index (χ2v) is 8.73.